The van der Waals surface area contributed by atoms with E-state index in [1.54, 1.807) is 0 Å². The standard InChI is InChI=1S/3Mg.H3N/h;;;1H3. The van der Waals surface area contributed by atoms with Crippen LogP contribution in [0.2, 0.25) is 0 Å². The molecule has 4 heavy (non-hydrogen) atoms. The van der Waals surface area contributed by atoms with Gasteiger partial charge in [-0.1, -0.05) is 0 Å². The van der Waals surface area contributed by atoms with Crippen LogP contribution in [-0.2, 0) is 0 Å². The predicted molar refractivity (Wildman–Crippen MR) is 22.3 cm³/mol. The lowest BCUT2D eigenvalue weighted by Crippen LogP contribution is -0.481. The van der Waals surface area contributed by atoms with Gasteiger partial charge in [0.1, 0.15) is 0 Å². The smallest absolute Gasteiger partial charge is 0 e. The van der Waals surface area contributed by atoms with Gasteiger partial charge in [-0.25, -0.2) is 0 Å². The molecule has 0 aromatic heterocycles. The first-order chi connectivity index (χ1) is 0. The minimum absolute atomic E-state index is 0. The van der Waals surface area contributed by atoms with Crippen LogP contribution in [0, 0.1) is 0 Å². The molecule has 0 spiro atoms. The molecule has 0 heterocycles. The van der Waals surface area contributed by atoms with Gasteiger partial charge in [-0.05, 0) is 0 Å². The average Bonchev–Trinajstić information content (AvgIpc) is 0. The maximum Gasteiger partial charge on any atom is 0 e. The Morgan fingerprint density at radius 3 is 0.500 bits per heavy atom. The van der Waals surface area contributed by atoms with Crippen LogP contribution in [0.1, 0.15) is 0 Å². The Balaban J connectivity index is 0. The van der Waals surface area contributed by atoms with Crippen LogP contribution in [-0.4, -0.2) is 69.2 Å². The fourth-order valence-corrected chi connectivity index (χ4v) is 0. The zero-order valence-electron chi connectivity index (χ0n) is 2.83. The predicted octanol–water partition coefficient (Wildman–Crippen LogP) is -0.980. The molecule has 0 aliphatic carbocycles. The molecule has 0 saturated heterocycles. The van der Waals surface area contributed by atoms with Gasteiger partial charge in [0.2, 0.25) is 0 Å². The van der Waals surface area contributed by atoms with Gasteiger partial charge in [0.15, 0.2) is 0 Å². The summed E-state index contributed by atoms with van der Waals surface area (Å²) in [7, 11) is 0. The lowest BCUT2D eigenvalue weighted by molar-refractivity contribution is 2.13. The van der Waals surface area contributed by atoms with Gasteiger partial charge >= 0.3 is 0 Å². The van der Waals surface area contributed by atoms with Crippen molar-refractivity contribution in [1.29, 1.82) is 0 Å². The summed E-state index contributed by atoms with van der Waals surface area (Å²) in [6.45, 7) is 0. The van der Waals surface area contributed by atoms with E-state index < -0.39 is 0 Å². The van der Waals surface area contributed by atoms with Crippen LogP contribution >= 0.6 is 0 Å². The topological polar surface area (TPSA) is 35.0 Å². The van der Waals surface area contributed by atoms with Crippen molar-refractivity contribution in [2.45, 2.75) is 0 Å². The lowest BCUT2D eigenvalue weighted by Gasteiger charge is -0.344. The monoisotopic (exact) mass is 89.0 g/mol. The lowest BCUT2D eigenvalue weighted by atomic mass is 14.0. The van der Waals surface area contributed by atoms with Gasteiger partial charge in [0, 0.05) is 69.2 Å². The minimum atomic E-state index is 0. The summed E-state index contributed by atoms with van der Waals surface area (Å²) in [5, 5.41) is 0. The SMILES string of the molecule is N.[Mg].[Mg].[Mg]. The highest BCUT2D eigenvalue weighted by molar-refractivity contribution is 5.76. The van der Waals surface area contributed by atoms with Crippen LogP contribution in [0.15, 0.2) is 0 Å². The first-order valence-electron chi connectivity index (χ1n) is 0. The van der Waals surface area contributed by atoms with Crippen LogP contribution in [0.25, 0.3) is 0 Å². The van der Waals surface area contributed by atoms with E-state index in [-0.39, 0.29) is 75.3 Å². The summed E-state index contributed by atoms with van der Waals surface area (Å²) >= 11 is 0. The van der Waals surface area contributed by atoms with E-state index in [1.807, 2.05) is 0 Å². The van der Waals surface area contributed by atoms with Crippen molar-refractivity contribution in [2.24, 2.45) is 0 Å². The maximum absolute atomic E-state index is 0. The second-order valence-electron chi connectivity index (χ2n) is 0. The van der Waals surface area contributed by atoms with Crippen LogP contribution in [0.5, 0.6) is 0 Å². The van der Waals surface area contributed by atoms with Crippen molar-refractivity contribution in [3.8, 4) is 0 Å². The van der Waals surface area contributed by atoms with Crippen molar-refractivity contribution in [2.75, 3.05) is 0 Å². The normalized spacial score (nSPS) is 0. The van der Waals surface area contributed by atoms with Crippen LogP contribution < -0.4 is 6.15 Å². The molecule has 0 aliphatic heterocycles. The van der Waals surface area contributed by atoms with Gasteiger partial charge < -0.3 is 6.15 Å². The molecule has 0 saturated carbocycles. The molecule has 0 bridgehead atoms. The molecule has 3 N–H and O–H groups in total. The highest BCUT2D eigenvalue weighted by atomic mass is 24.3. The second kappa shape index (κ2) is 18.7. The summed E-state index contributed by atoms with van der Waals surface area (Å²) in [6, 6.07) is 0. The largest absolute Gasteiger partial charge is 0.344 e. The molecule has 0 aromatic rings. The van der Waals surface area contributed by atoms with Crippen molar-refractivity contribution in [3.63, 3.8) is 0 Å². The van der Waals surface area contributed by atoms with E-state index in [0.29, 0.717) is 0 Å². The second-order valence-corrected chi connectivity index (χ2v) is 0. The highest BCUT2D eigenvalue weighted by Gasteiger charge is 0.00201. The Bertz CT molecular complexity index is 3.25. The molecule has 6 radical (unpaired) electrons. The molecule has 0 unspecified atom stereocenters. The fraction of sp³-hybridized carbons (Fsp3) is 0. The van der Waals surface area contributed by atoms with E-state index in [4.69, 9.17) is 0 Å². The van der Waals surface area contributed by atoms with Gasteiger partial charge in [0.25, 0.3) is 0 Å². The van der Waals surface area contributed by atoms with Crippen molar-refractivity contribution >= 4 is 69.2 Å². The molecule has 0 atom stereocenters. The van der Waals surface area contributed by atoms with Gasteiger partial charge in [-0.15, -0.1) is 0 Å². The van der Waals surface area contributed by atoms with Gasteiger partial charge in [0.05, 0.1) is 0 Å². The summed E-state index contributed by atoms with van der Waals surface area (Å²) in [6.07, 6.45) is 0. The van der Waals surface area contributed by atoms with Crippen molar-refractivity contribution in [3.05, 3.63) is 0 Å². The van der Waals surface area contributed by atoms with E-state index in [1.165, 1.54) is 0 Å². The Morgan fingerprint density at radius 2 is 0.500 bits per heavy atom. The summed E-state index contributed by atoms with van der Waals surface area (Å²) in [5.74, 6) is 0. The summed E-state index contributed by atoms with van der Waals surface area (Å²) in [5.41, 5.74) is 0. The van der Waals surface area contributed by atoms with Crippen LogP contribution in [0.4, 0.5) is 0 Å². The van der Waals surface area contributed by atoms with E-state index in [2.05, 4.69) is 0 Å². The van der Waals surface area contributed by atoms with E-state index >= 15 is 0 Å². The highest BCUT2D eigenvalue weighted by Crippen LogP contribution is -0.379. The number of rotatable bonds is 0. The summed E-state index contributed by atoms with van der Waals surface area (Å²) < 4.78 is 0. The zero-order valence-corrected chi connectivity index (χ0v) is 7.07. The summed E-state index contributed by atoms with van der Waals surface area (Å²) in [4.78, 5) is 0. The Labute approximate surface area is 74.3 Å². The molecule has 14 valence electrons. The molecule has 0 aliphatic rings. The fourth-order valence-electron chi connectivity index (χ4n) is 0. The first kappa shape index (κ1) is 33.9. The van der Waals surface area contributed by atoms with Crippen molar-refractivity contribution < 1.29 is 0 Å². The molecular weight excluding hydrogens is 86.9 g/mol. The molecule has 4 heteroatoms. The minimum Gasteiger partial charge on any atom is -0.344 e. The zero-order chi connectivity index (χ0) is 0. The Kier molecular flexibility index (Phi) is 159. The molecule has 0 rings (SSSR count). The number of hydrogen-bond donors (Lipinski definition) is 1. The molecular formula is H3Mg3N. The van der Waals surface area contributed by atoms with Gasteiger partial charge in [-0.3, -0.25) is 0 Å². The first-order valence-corrected chi connectivity index (χ1v) is 0. The third kappa shape index (κ3) is 8.86. The van der Waals surface area contributed by atoms with Crippen molar-refractivity contribution in [1.82, 2.24) is 6.15 Å². The average molecular weight is 89.9 g/mol. The third-order valence-electron chi connectivity index (χ3n) is 0. The van der Waals surface area contributed by atoms with E-state index in [9.17, 15) is 0 Å². The Morgan fingerprint density at radius 1 is 0.500 bits per heavy atom. The number of hydrogen-bond acceptors (Lipinski definition) is 1. The molecule has 0 fully saturated rings. The third-order valence-corrected chi connectivity index (χ3v) is 0. The molecule has 0 aromatic carbocycles. The van der Waals surface area contributed by atoms with E-state index in [0.717, 1.165) is 0 Å². The van der Waals surface area contributed by atoms with Crippen LogP contribution in [0.3, 0.4) is 0 Å². The maximum atomic E-state index is 0. The Hall–Kier alpha value is 2.26. The molecule has 0 amide bonds. The quantitative estimate of drug-likeness (QED) is 0.381. The van der Waals surface area contributed by atoms with Gasteiger partial charge in [-0.2, -0.15) is 0 Å². The molecule has 1 nitrogen and oxygen atoms in total.